The van der Waals surface area contributed by atoms with Gasteiger partial charge in [0.05, 0.1) is 9.21 Å². The molecule has 1 aromatic heterocycles. The highest BCUT2D eigenvalue weighted by molar-refractivity contribution is 7.18. The molecule has 1 aromatic carbocycles. The number of halogens is 1. The highest BCUT2D eigenvalue weighted by Gasteiger charge is 2.20. The molecule has 3 heteroatoms. The molecule has 2 rings (SSSR count). The van der Waals surface area contributed by atoms with Crippen molar-refractivity contribution in [3.8, 4) is 0 Å². The van der Waals surface area contributed by atoms with E-state index >= 15 is 0 Å². The number of thiophene rings is 1. The first-order valence-electron chi connectivity index (χ1n) is 6.21. The number of hydrogen-bond acceptors (Lipinski definition) is 2. The predicted molar refractivity (Wildman–Crippen MR) is 82.9 cm³/mol. The van der Waals surface area contributed by atoms with E-state index in [1.807, 2.05) is 13.8 Å². The first-order chi connectivity index (χ1) is 8.84. The van der Waals surface area contributed by atoms with Crippen LogP contribution in [0.4, 0.5) is 0 Å². The lowest BCUT2D eigenvalue weighted by molar-refractivity contribution is 0.104. The fraction of sp³-hybridized carbons (Fsp3) is 0.312. The zero-order valence-corrected chi connectivity index (χ0v) is 13.4. The molecule has 0 aliphatic carbocycles. The van der Waals surface area contributed by atoms with Crippen LogP contribution in [0, 0.1) is 34.6 Å². The standard InChI is InChI=1S/C16H17ClOS/c1-8-9(2)11(4)15(12(5)10(8)3)16(18)13-6-7-14(17)19-13/h6-7H,1-5H3. The normalized spacial score (nSPS) is 10.8. The summed E-state index contributed by atoms with van der Waals surface area (Å²) in [6.07, 6.45) is 0. The number of carbonyl (C=O) groups excluding carboxylic acids is 1. The van der Waals surface area contributed by atoms with Gasteiger partial charge >= 0.3 is 0 Å². The Kier molecular flexibility index (Phi) is 3.84. The quantitative estimate of drug-likeness (QED) is 0.698. The van der Waals surface area contributed by atoms with Crippen molar-refractivity contribution in [3.63, 3.8) is 0 Å². The second-order valence-corrected chi connectivity index (χ2v) is 6.65. The van der Waals surface area contributed by atoms with Crippen molar-refractivity contribution < 1.29 is 4.79 Å². The van der Waals surface area contributed by atoms with E-state index < -0.39 is 0 Å². The van der Waals surface area contributed by atoms with Gasteiger partial charge in [-0.1, -0.05) is 11.6 Å². The van der Waals surface area contributed by atoms with Gasteiger partial charge < -0.3 is 0 Å². The molecule has 0 saturated heterocycles. The number of ketones is 1. The third kappa shape index (κ3) is 2.35. The van der Waals surface area contributed by atoms with Crippen LogP contribution in [0.15, 0.2) is 12.1 Å². The molecule has 0 saturated carbocycles. The van der Waals surface area contributed by atoms with E-state index in [2.05, 4.69) is 20.8 Å². The van der Waals surface area contributed by atoms with E-state index in [1.54, 1.807) is 12.1 Å². The van der Waals surface area contributed by atoms with E-state index in [-0.39, 0.29) is 5.78 Å². The Hall–Kier alpha value is -1.12. The van der Waals surface area contributed by atoms with Gasteiger partial charge in [0, 0.05) is 5.56 Å². The van der Waals surface area contributed by atoms with Crippen LogP contribution in [0.3, 0.4) is 0 Å². The molecular formula is C16H17ClOS. The van der Waals surface area contributed by atoms with Crippen LogP contribution in [0.25, 0.3) is 0 Å². The lowest BCUT2D eigenvalue weighted by atomic mass is 9.87. The van der Waals surface area contributed by atoms with Crippen LogP contribution >= 0.6 is 22.9 Å². The molecule has 0 aliphatic rings. The number of benzene rings is 1. The van der Waals surface area contributed by atoms with E-state index in [9.17, 15) is 4.79 Å². The molecule has 2 aromatic rings. The average molecular weight is 293 g/mol. The SMILES string of the molecule is Cc1c(C)c(C)c(C(=O)c2ccc(Cl)s2)c(C)c1C. The molecule has 0 amide bonds. The molecule has 0 unspecified atom stereocenters. The van der Waals surface area contributed by atoms with Gasteiger partial charge in [-0.25, -0.2) is 0 Å². The summed E-state index contributed by atoms with van der Waals surface area (Å²) in [7, 11) is 0. The van der Waals surface area contributed by atoms with E-state index in [4.69, 9.17) is 11.6 Å². The van der Waals surface area contributed by atoms with Crippen molar-refractivity contribution in [1.29, 1.82) is 0 Å². The lowest BCUT2D eigenvalue weighted by Gasteiger charge is -2.17. The Morgan fingerprint density at radius 2 is 1.37 bits per heavy atom. The van der Waals surface area contributed by atoms with Crippen molar-refractivity contribution in [2.45, 2.75) is 34.6 Å². The Morgan fingerprint density at radius 1 is 0.895 bits per heavy atom. The first kappa shape index (κ1) is 14.3. The summed E-state index contributed by atoms with van der Waals surface area (Å²) in [6.45, 7) is 10.3. The van der Waals surface area contributed by atoms with Gasteiger partial charge in [-0.2, -0.15) is 0 Å². The summed E-state index contributed by atoms with van der Waals surface area (Å²) < 4.78 is 0.652. The van der Waals surface area contributed by atoms with Gasteiger partial charge in [-0.05, 0) is 74.6 Å². The molecule has 0 atom stereocenters. The largest absolute Gasteiger partial charge is 0.288 e. The maximum atomic E-state index is 12.7. The Labute approximate surface area is 123 Å². The summed E-state index contributed by atoms with van der Waals surface area (Å²) in [5, 5.41) is 0. The molecule has 0 aliphatic heterocycles. The summed E-state index contributed by atoms with van der Waals surface area (Å²) >= 11 is 7.27. The van der Waals surface area contributed by atoms with Gasteiger partial charge in [0.2, 0.25) is 5.78 Å². The minimum absolute atomic E-state index is 0.0816. The van der Waals surface area contributed by atoms with Gasteiger partial charge in [0.1, 0.15) is 0 Å². The van der Waals surface area contributed by atoms with Crippen LogP contribution in [0.5, 0.6) is 0 Å². The predicted octanol–water partition coefficient (Wildman–Crippen LogP) is 5.17. The molecule has 0 radical (unpaired) electrons. The molecule has 19 heavy (non-hydrogen) atoms. The van der Waals surface area contributed by atoms with Crippen molar-refractivity contribution in [2.75, 3.05) is 0 Å². The summed E-state index contributed by atoms with van der Waals surface area (Å²) in [6, 6.07) is 3.58. The molecule has 1 heterocycles. The molecule has 0 N–H and O–H groups in total. The molecule has 0 bridgehead atoms. The van der Waals surface area contributed by atoms with Crippen LogP contribution in [0.1, 0.15) is 43.1 Å². The maximum Gasteiger partial charge on any atom is 0.203 e. The smallest absolute Gasteiger partial charge is 0.203 e. The van der Waals surface area contributed by atoms with E-state index in [0.29, 0.717) is 9.21 Å². The van der Waals surface area contributed by atoms with Crippen LogP contribution in [0.2, 0.25) is 4.34 Å². The number of rotatable bonds is 2. The maximum absolute atomic E-state index is 12.7. The highest BCUT2D eigenvalue weighted by Crippen LogP contribution is 2.30. The van der Waals surface area contributed by atoms with Gasteiger partial charge in [0.25, 0.3) is 0 Å². The van der Waals surface area contributed by atoms with E-state index in [0.717, 1.165) is 16.7 Å². The number of hydrogen-bond donors (Lipinski definition) is 0. The summed E-state index contributed by atoms with van der Waals surface area (Å²) in [4.78, 5) is 13.4. The Balaban J connectivity index is 2.66. The van der Waals surface area contributed by atoms with E-state index in [1.165, 1.54) is 28.0 Å². The average Bonchev–Trinajstić information content (AvgIpc) is 2.81. The minimum Gasteiger partial charge on any atom is -0.288 e. The molecular weight excluding hydrogens is 276 g/mol. The Morgan fingerprint density at radius 3 is 1.79 bits per heavy atom. The highest BCUT2D eigenvalue weighted by atomic mass is 35.5. The van der Waals surface area contributed by atoms with Crippen molar-refractivity contribution in [3.05, 3.63) is 54.7 Å². The third-order valence-electron chi connectivity index (χ3n) is 4.02. The van der Waals surface area contributed by atoms with Crippen LogP contribution < -0.4 is 0 Å². The van der Waals surface area contributed by atoms with Gasteiger partial charge in [0.15, 0.2) is 0 Å². The monoisotopic (exact) mass is 292 g/mol. The zero-order valence-electron chi connectivity index (χ0n) is 11.8. The van der Waals surface area contributed by atoms with Crippen molar-refractivity contribution in [1.82, 2.24) is 0 Å². The van der Waals surface area contributed by atoms with Gasteiger partial charge in [-0.15, -0.1) is 11.3 Å². The fourth-order valence-electron chi connectivity index (χ4n) is 2.40. The fourth-order valence-corrected chi connectivity index (χ4v) is 3.39. The molecule has 1 nitrogen and oxygen atoms in total. The second-order valence-electron chi connectivity index (χ2n) is 4.93. The first-order valence-corrected chi connectivity index (χ1v) is 7.41. The topological polar surface area (TPSA) is 17.1 Å². The summed E-state index contributed by atoms with van der Waals surface area (Å²) in [5.41, 5.74) is 6.67. The zero-order chi connectivity index (χ0) is 14.3. The Bertz CT molecular complexity index is 639. The van der Waals surface area contributed by atoms with Crippen LogP contribution in [-0.4, -0.2) is 5.78 Å². The van der Waals surface area contributed by atoms with Crippen molar-refractivity contribution >= 4 is 28.7 Å². The van der Waals surface area contributed by atoms with Crippen LogP contribution in [-0.2, 0) is 0 Å². The molecule has 0 fully saturated rings. The lowest BCUT2D eigenvalue weighted by Crippen LogP contribution is -2.09. The van der Waals surface area contributed by atoms with Gasteiger partial charge in [-0.3, -0.25) is 4.79 Å². The minimum atomic E-state index is 0.0816. The third-order valence-corrected chi connectivity index (χ3v) is 5.25. The molecule has 0 spiro atoms. The second kappa shape index (κ2) is 5.10. The molecule has 100 valence electrons. The van der Waals surface area contributed by atoms with Crippen molar-refractivity contribution in [2.24, 2.45) is 0 Å². The summed E-state index contributed by atoms with van der Waals surface area (Å²) in [5.74, 6) is 0.0816. The number of carbonyl (C=O) groups is 1.